The van der Waals surface area contributed by atoms with Crippen molar-refractivity contribution in [2.75, 3.05) is 6.61 Å². The Bertz CT molecular complexity index is 282. The van der Waals surface area contributed by atoms with Gasteiger partial charge in [0.1, 0.15) is 5.71 Å². The van der Waals surface area contributed by atoms with E-state index in [0.717, 1.165) is 11.1 Å². The van der Waals surface area contributed by atoms with Gasteiger partial charge in [-0.3, -0.25) is 0 Å². The molecule has 3 nitrogen and oxygen atoms in total. The van der Waals surface area contributed by atoms with Crippen molar-refractivity contribution in [1.82, 2.24) is 0 Å². The second-order valence-corrected chi connectivity index (χ2v) is 2.57. The van der Waals surface area contributed by atoms with E-state index in [1.165, 1.54) is 0 Å². The number of aliphatic hydroxyl groups is 1. The second-order valence-electron chi connectivity index (χ2n) is 2.57. The Kier molecular flexibility index (Phi) is 5.39. The van der Waals surface area contributed by atoms with Crippen molar-refractivity contribution in [2.24, 2.45) is 5.16 Å². The summed E-state index contributed by atoms with van der Waals surface area (Å²) in [6.07, 6.45) is 0. The summed E-state index contributed by atoms with van der Waals surface area (Å²) in [6, 6.07) is 7.41. The van der Waals surface area contributed by atoms with Crippen molar-refractivity contribution >= 4 is 5.71 Å². The SMILES string of the molecule is Cc1ccc(C(CO)=NO)cc1.[Fe]. The van der Waals surface area contributed by atoms with E-state index in [1.807, 2.05) is 19.1 Å². The van der Waals surface area contributed by atoms with Crippen molar-refractivity contribution in [1.29, 1.82) is 0 Å². The summed E-state index contributed by atoms with van der Waals surface area (Å²) in [4.78, 5) is 0. The number of nitrogens with zero attached hydrogens (tertiary/aromatic N) is 1. The van der Waals surface area contributed by atoms with Crippen molar-refractivity contribution < 1.29 is 27.4 Å². The minimum atomic E-state index is -0.250. The standard InChI is InChI=1S/C9H11NO2.Fe/c1-7-2-4-8(5-3-7)9(6-11)10-12;/h2-5,11-12H,6H2,1H3;. The zero-order valence-corrected chi connectivity index (χ0v) is 8.32. The predicted molar refractivity (Wildman–Crippen MR) is 46.6 cm³/mol. The molecule has 0 radical (unpaired) electrons. The second kappa shape index (κ2) is 5.75. The first-order chi connectivity index (χ1) is 5.77. The number of oxime groups is 1. The van der Waals surface area contributed by atoms with Crippen LogP contribution in [0.2, 0.25) is 0 Å². The molecule has 0 spiro atoms. The molecule has 72 valence electrons. The Labute approximate surface area is 87.6 Å². The summed E-state index contributed by atoms with van der Waals surface area (Å²) in [5.41, 5.74) is 2.16. The van der Waals surface area contributed by atoms with E-state index in [9.17, 15) is 0 Å². The van der Waals surface area contributed by atoms with Crippen molar-refractivity contribution in [3.63, 3.8) is 0 Å². The molecule has 0 saturated carbocycles. The molecule has 1 aromatic carbocycles. The monoisotopic (exact) mass is 221 g/mol. The summed E-state index contributed by atoms with van der Waals surface area (Å²) in [5, 5.41) is 20.2. The van der Waals surface area contributed by atoms with E-state index >= 15 is 0 Å². The van der Waals surface area contributed by atoms with Crippen LogP contribution in [0.15, 0.2) is 29.4 Å². The maximum atomic E-state index is 8.76. The van der Waals surface area contributed by atoms with Crippen LogP contribution >= 0.6 is 0 Å². The molecule has 13 heavy (non-hydrogen) atoms. The fourth-order valence-electron chi connectivity index (χ4n) is 0.927. The first-order valence-corrected chi connectivity index (χ1v) is 3.66. The Morgan fingerprint density at radius 3 is 2.23 bits per heavy atom. The van der Waals surface area contributed by atoms with Gasteiger partial charge in [0.15, 0.2) is 0 Å². The average Bonchev–Trinajstić information content (AvgIpc) is 2.10. The molecule has 0 fully saturated rings. The minimum Gasteiger partial charge on any atom is -0.411 e. The number of rotatable bonds is 2. The van der Waals surface area contributed by atoms with Crippen LogP contribution in [-0.4, -0.2) is 22.6 Å². The van der Waals surface area contributed by atoms with Crippen LogP contribution in [0.1, 0.15) is 11.1 Å². The van der Waals surface area contributed by atoms with E-state index in [1.54, 1.807) is 12.1 Å². The summed E-state index contributed by atoms with van der Waals surface area (Å²) in [7, 11) is 0. The Balaban J connectivity index is 0.00000144. The van der Waals surface area contributed by atoms with Crippen molar-refractivity contribution in [3.05, 3.63) is 35.4 Å². The molecule has 0 atom stereocenters. The van der Waals surface area contributed by atoms with E-state index in [0.29, 0.717) is 0 Å². The van der Waals surface area contributed by atoms with Gasteiger partial charge in [0.25, 0.3) is 0 Å². The fraction of sp³-hybridized carbons (Fsp3) is 0.222. The first kappa shape index (κ1) is 12.2. The normalized spacial score (nSPS) is 10.8. The van der Waals surface area contributed by atoms with Gasteiger partial charge in [-0.05, 0) is 6.92 Å². The molecule has 2 N–H and O–H groups in total. The third kappa shape index (κ3) is 3.19. The molecule has 0 aromatic heterocycles. The number of aliphatic hydroxyl groups excluding tert-OH is 1. The molecule has 0 unspecified atom stereocenters. The van der Waals surface area contributed by atoms with Gasteiger partial charge in [-0.1, -0.05) is 35.0 Å². The fourth-order valence-corrected chi connectivity index (χ4v) is 0.927. The quantitative estimate of drug-likeness (QED) is 0.341. The molecule has 0 saturated heterocycles. The topological polar surface area (TPSA) is 52.8 Å². The van der Waals surface area contributed by atoms with Gasteiger partial charge in [0, 0.05) is 22.6 Å². The summed E-state index contributed by atoms with van der Waals surface area (Å²) in [5.74, 6) is 0. The molecule has 0 amide bonds. The van der Waals surface area contributed by atoms with Crippen molar-refractivity contribution in [2.45, 2.75) is 6.92 Å². The summed E-state index contributed by atoms with van der Waals surface area (Å²) in [6.45, 7) is 1.72. The van der Waals surface area contributed by atoms with Gasteiger partial charge in [-0.15, -0.1) is 0 Å². The van der Waals surface area contributed by atoms with E-state index in [4.69, 9.17) is 10.3 Å². The Morgan fingerprint density at radius 1 is 1.31 bits per heavy atom. The molecule has 0 heterocycles. The van der Waals surface area contributed by atoms with Crippen LogP contribution in [0.3, 0.4) is 0 Å². The smallest absolute Gasteiger partial charge is 0.112 e. The van der Waals surface area contributed by atoms with Crippen LogP contribution in [0.5, 0.6) is 0 Å². The Morgan fingerprint density at radius 2 is 1.85 bits per heavy atom. The Hall–Kier alpha value is -0.831. The number of hydrogen-bond acceptors (Lipinski definition) is 3. The minimum absolute atomic E-state index is 0. The van der Waals surface area contributed by atoms with E-state index in [-0.39, 0.29) is 29.4 Å². The molecular weight excluding hydrogens is 210 g/mol. The zero-order valence-electron chi connectivity index (χ0n) is 7.21. The van der Waals surface area contributed by atoms with Crippen LogP contribution in [0, 0.1) is 6.92 Å². The predicted octanol–water partition coefficient (Wildman–Crippen LogP) is 1.16. The van der Waals surface area contributed by atoms with Crippen LogP contribution in [0.25, 0.3) is 0 Å². The largest absolute Gasteiger partial charge is 0.411 e. The van der Waals surface area contributed by atoms with Crippen LogP contribution in [-0.2, 0) is 17.1 Å². The first-order valence-electron chi connectivity index (χ1n) is 3.66. The van der Waals surface area contributed by atoms with E-state index < -0.39 is 0 Å². The maximum absolute atomic E-state index is 8.76. The maximum Gasteiger partial charge on any atom is 0.112 e. The molecule has 1 aromatic rings. The van der Waals surface area contributed by atoms with E-state index in [2.05, 4.69) is 5.16 Å². The third-order valence-corrected chi connectivity index (χ3v) is 1.66. The number of hydrogen-bond donors (Lipinski definition) is 2. The zero-order chi connectivity index (χ0) is 8.97. The molecule has 0 bridgehead atoms. The van der Waals surface area contributed by atoms with Gasteiger partial charge in [-0.25, -0.2) is 0 Å². The molecule has 0 aliphatic heterocycles. The van der Waals surface area contributed by atoms with Gasteiger partial charge in [0.05, 0.1) is 6.61 Å². The molecular formula is C9H11FeNO2. The molecule has 1 rings (SSSR count). The summed E-state index contributed by atoms with van der Waals surface area (Å²) >= 11 is 0. The van der Waals surface area contributed by atoms with Crippen molar-refractivity contribution in [3.8, 4) is 0 Å². The van der Waals surface area contributed by atoms with Gasteiger partial charge in [-0.2, -0.15) is 0 Å². The number of benzene rings is 1. The summed E-state index contributed by atoms with van der Waals surface area (Å²) < 4.78 is 0. The van der Waals surface area contributed by atoms with Crippen LogP contribution < -0.4 is 0 Å². The van der Waals surface area contributed by atoms with Gasteiger partial charge in [0.2, 0.25) is 0 Å². The third-order valence-electron chi connectivity index (χ3n) is 1.66. The average molecular weight is 221 g/mol. The molecule has 0 aliphatic carbocycles. The van der Waals surface area contributed by atoms with Gasteiger partial charge < -0.3 is 10.3 Å². The van der Waals surface area contributed by atoms with Crippen LogP contribution in [0.4, 0.5) is 0 Å². The molecule has 4 heteroatoms. The number of aryl methyl sites for hydroxylation is 1. The molecule has 0 aliphatic rings. The van der Waals surface area contributed by atoms with Gasteiger partial charge >= 0.3 is 0 Å².